The Morgan fingerprint density at radius 2 is 1.33 bits per heavy atom. The molecule has 0 fully saturated rings. The van der Waals surface area contributed by atoms with E-state index < -0.39 is 0 Å². The minimum atomic E-state index is -0.140. The lowest BCUT2D eigenvalue weighted by atomic mass is 10.2. The van der Waals surface area contributed by atoms with Crippen LogP contribution in [0.2, 0.25) is 0 Å². The maximum Gasteiger partial charge on any atom is 0.239 e. The van der Waals surface area contributed by atoms with Gasteiger partial charge in [0, 0.05) is 26.2 Å². The van der Waals surface area contributed by atoms with Gasteiger partial charge in [-0.15, -0.1) is 0 Å². The van der Waals surface area contributed by atoms with Crippen LogP contribution in [0.3, 0.4) is 0 Å². The SMILES string of the molecule is CC(C)OCCCCCC(=O)NCC(=O)NCCCCOC(C)C. The molecule has 0 aliphatic carbocycles. The van der Waals surface area contributed by atoms with Gasteiger partial charge < -0.3 is 20.1 Å². The molecule has 0 radical (unpaired) electrons. The Morgan fingerprint density at radius 1 is 0.750 bits per heavy atom. The van der Waals surface area contributed by atoms with Crippen LogP contribution < -0.4 is 10.6 Å². The summed E-state index contributed by atoms with van der Waals surface area (Å²) in [6.45, 7) is 10.2. The Hall–Kier alpha value is -1.14. The van der Waals surface area contributed by atoms with E-state index in [1.165, 1.54) is 0 Å². The van der Waals surface area contributed by atoms with Crippen LogP contribution in [0.4, 0.5) is 0 Å². The highest BCUT2D eigenvalue weighted by atomic mass is 16.5. The Labute approximate surface area is 147 Å². The molecule has 0 spiro atoms. The number of carbonyl (C=O) groups excluding carboxylic acids is 2. The first-order valence-corrected chi connectivity index (χ1v) is 9.18. The van der Waals surface area contributed by atoms with Gasteiger partial charge in [0.1, 0.15) is 0 Å². The van der Waals surface area contributed by atoms with Gasteiger partial charge >= 0.3 is 0 Å². The third kappa shape index (κ3) is 17.2. The number of unbranched alkanes of at least 4 members (excludes halogenated alkanes) is 3. The van der Waals surface area contributed by atoms with Crippen molar-refractivity contribution in [3.05, 3.63) is 0 Å². The van der Waals surface area contributed by atoms with Gasteiger partial charge in [-0.05, 0) is 53.4 Å². The maximum absolute atomic E-state index is 11.6. The second-order valence-electron chi connectivity index (χ2n) is 6.48. The van der Waals surface area contributed by atoms with Crippen molar-refractivity contribution >= 4 is 11.8 Å². The van der Waals surface area contributed by atoms with Gasteiger partial charge in [0.05, 0.1) is 18.8 Å². The molecule has 0 saturated heterocycles. The number of hydrogen-bond donors (Lipinski definition) is 2. The fraction of sp³-hybridized carbons (Fsp3) is 0.889. The van der Waals surface area contributed by atoms with Crippen molar-refractivity contribution in [3.63, 3.8) is 0 Å². The number of nitrogens with one attached hydrogen (secondary N) is 2. The molecule has 2 N–H and O–H groups in total. The second-order valence-corrected chi connectivity index (χ2v) is 6.48. The van der Waals surface area contributed by atoms with Crippen LogP contribution in [0.15, 0.2) is 0 Å². The molecule has 6 heteroatoms. The quantitative estimate of drug-likeness (QED) is 0.447. The zero-order valence-electron chi connectivity index (χ0n) is 15.9. The van der Waals surface area contributed by atoms with Crippen molar-refractivity contribution in [1.82, 2.24) is 10.6 Å². The molecule has 0 atom stereocenters. The summed E-state index contributed by atoms with van der Waals surface area (Å²) in [6, 6.07) is 0. The van der Waals surface area contributed by atoms with Gasteiger partial charge in [-0.2, -0.15) is 0 Å². The summed E-state index contributed by atoms with van der Waals surface area (Å²) < 4.78 is 10.9. The van der Waals surface area contributed by atoms with Gasteiger partial charge in [0.15, 0.2) is 0 Å². The summed E-state index contributed by atoms with van der Waals surface area (Å²) >= 11 is 0. The average Bonchev–Trinajstić information content (AvgIpc) is 2.51. The van der Waals surface area contributed by atoms with Gasteiger partial charge in [0.25, 0.3) is 0 Å². The molecule has 0 aromatic heterocycles. The molecule has 0 aliphatic rings. The van der Waals surface area contributed by atoms with Gasteiger partial charge in [-0.3, -0.25) is 9.59 Å². The third-order valence-corrected chi connectivity index (χ3v) is 3.29. The van der Waals surface area contributed by atoms with E-state index in [0.717, 1.165) is 38.7 Å². The van der Waals surface area contributed by atoms with E-state index in [-0.39, 0.29) is 30.6 Å². The Kier molecular flexibility index (Phi) is 14.7. The third-order valence-electron chi connectivity index (χ3n) is 3.29. The van der Waals surface area contributed by atoms with E-state index in [1.807, 2.05) is 27.7 Å². The molecular formula is C18H36N2O4. The first-order valence-electron chi connectivity index (χ1n) is 9.18. The van der Waals surface area contributed by atoms with Crippen LogP contribution in [0.1, 0.15) is 66.2 Å². The molecule has 24 heavy (non-hydrogen) atoms. The highest BCUT2D eigenvalue weighted by molar-refractivity contribution is 5.84. The highest BCUT2D eigenvalue weighted by Gasteiger charge is 2.05. The van der Waals surface area contributed by atoms with Crippen molar-refractivity contribution in [2.75, 3.05) is 26.3 Å². The molecule has 0 bridgehead atoms. The second kappa shape index (κ2) is 15.4. The number of ether oxygens (including phenoxy) is 2. The van der Waals surface area contributed by atoms with E-state index in [4.69, 9.17) is 9.47 Å². The van der Waals surface area contributed by atoms with Crippen molar-refractivity contribution in [1.29, 1.82) is 0 Å². The molecule has 0 saturated carbocycles. The molecule has 6 nitrogen and oxygen atoms in total. The molecule has 0 unspecified atom stereocenters. The molecule has 0 aromatic carbocycles. The Morgan fingerprint density at radius 3 is 1.92 bits per heavy atom. The average molecular weight is 344 g/mol. The van der Waals surface area contributed by atoms with Gasteiger partial charge in [-0.1, -0.05) is 6.42 Å². The molecule has 0 aromatic rings. The highest BCUT2D eigenvalue weighted by Crippen LogP contribution is 2.01. The van der Waals surface area contributed by atoms with Crippen LogP contribution in [0.5, 0.6) is 0 Å². The van der Waals surface area contributed by atoms with Crippen molar-refractivity contribution in [2.24, 2.45) is 0 Å². The largest absolute Gasteiger partial charge is 0.379 e. The minimum absolute atomic E-state index is 0.0534. The number of amides is 2. The monoisotopic (exact) mass is 344 g/mol. The van der Waals surface area contributed by atoms with E-state index in [2.05, 4.69) is 10.6 Å². The van der Waals surface area contributed by atoms with E-state index >= 15 is 0 Å². The Bertz CT molecular complexity index is 301. The number of rotatable bonds is 15. The summed E-state index contributed by atoms with van der Waals surface area (Å²) in [4.78, 5) is 23.2. The van der Waals surface area contributed by atoms with Crippen molar-refractivity contribution < 1.29 is 19.1 Å². The summed E-state index contributed by atoms with van der Waals surface area (Å²) in [6.07, 6.45) is 5.52. The van der Waals surface area contributed by atoms with Crippen LogP contribution in [-0.2, 0) is 19.1 Å². The number of hydrogen-bond acceptors (Lipinski definition) is 4. The van der Waals surface area contributed by atoms with Gasteiger partial charge in [-0.25, -0.2) is 0 Å². The molecule has 0 heterocycles. The summed E-state index contributed by atoms with van der Waals surface area (Å²) in [5.41, 5.74) is 0. The fourth-order valence-corrected chi connectivity index (χ4v) is 1.99. The predicted molar refractivity (Wildman–Crippen MR) is 95.9 cm³/mol. The van der Waals surface area contributed by atoms with Crippen molar-refractivity contribution in [3.8, 4) is 0 Å². The van der Waals surface area contributed by atoms with Gasteiger partial charge in [0.2, 0.25) is 11.8 Å². The predicted octanol–water partition coefficient (Wildman–Crippen LogP) is 2.41. The standard InChI is InChI=1S/C18H36N2O4/c1-15(2)23-12-8-5-6-10-17(21)20-14-18(22)19-11-7-9-13-24-16(3)4/h15-16H,5-14H2,1-4H3,(H,19,22)(H,20,21). The number of carbonyl (C=O) groups is 2. The lowest BCUT2D eigenvalue weighted by Gasteiger charge is -2.09. The summed E-state index contributed by atoms with van der Waals surface area (Å²) in [5, 5.41) is 5.45. The molecule has 0 aliphatic heterocycles. The first-order chi connectivity index (χ1) is 11.4. The molecular weight excluding hydrogens is 308 g/mol. The van der Waals surface area contributed by atoms with E-state index in [9.17, 15) is 9.59 Å². The van der Waals surface area contributed by atoms with Crippen LogP contribution in [0, 0.1) is 0 Å². The van der Waals surface area contributed by atoms with Crippen LogP contribution in [0.25, 0.3) is 0 Å². The smallest absolute Gasteiger partial charge is 0.239 e. The topological polar surface area (TPSA) is 76.7 Å². The lowest BCUT2D eigenvalue weighted by molar-refractivity contribution is -0.126. The minimum Gasteiger partial charge on any atom is -0.379 e. The molecule has 142 valence electrons. The normalized spacial score (nSPS) is 11.1. The molecule has 2 amide bonds. The van der Waals surface area contributed by atoms with Crippen LogP contribution >= 0.6 is 0 Å². The lowest BCUT2D eigenvalue weighted by Crippen LogP contribution is -2.37. The zero-order chi connectivity index (χ0) is 18.2. The zero-order valence-corrected chi connectivity index (χ0v) is 15.9. The summed E-state index contributed by atoms with van der Waals surface area (Å²) in [7, 11) is 0. The summed E-state index contributed by atoms with van der Waals surface area (Å²) in [5.74, 6) is -0.210. The fourth-order valence-electron chi connectivity index (χ4n) is 1.99. The van der Waals surface area contributed by atoms with Crippen LogP contribution in [-0.4, -0.2) is 50.3 Å². The Balaban J connectivity index is 3.40. The maximum atomic E-state index is 11.6. The van der Waals surface area contributed by atoms with E-state index in [1.54, 1.807) is 0 Å². The molecule has 0 rings (SSSR count). The van der Waals surface area contributed by atoms with E-state index in [0.29, 0.717) is 19.6 Å². The first kappa shape index (κ1) is 22.9. The van der Waals surface area contributed by atoms with Crippen molar-refractivity contribution in [2.45, 2.75) is 78.4 Å².